The molecule has 4 amide bonds. The van der Waals surface area contributed by atoms with Crippen molar-refractivity contribution >= 4 is 51.1 Å². The minimum atomic E-state index is -0.714. The number of carbonyl (C=O) groups excluding carboxylic acids is 4. The number of ether oxygens (including phenoxy) is 1. The molecule has 2 fully saturated rings. The van der Waals surface area contributed by atoms with Crippen molar-refractivity contribution < 1.29 is 23.9 Å². The second-order valence-electron chi connectivity index (χ2n) is 14.9. The number of rotatable bonds is 12. The molecule has 1 atom stereocenters. The standard InChI is InChI=1S/C40H45N9O6/c1-45(39(53)32-23-26-10-9-25(22-31(26)42-32)27-6-4-16-47(24-27)36(51)13-17-48-18-14-41-44-48)15-5-19-55-29-20-28(21-29)30-7-3-8-33-37(30)46(2)40(54)49(33)34-11-12-35(50)43-38(34)52/h3,6-10,14,18,22-23,28-29,34,42H,4-5,11-13,15-17,19-21,24H2,1-2H3,(H,43,50,52). The highest BCUT2D eigenvalue weighted by molar-refractivity contribution is 6.00. The summed E-state index contributed by atoms with van der Waals surface area (Å²) < 4.78 is 11.0. The van der Waals surface area contributed by atoms with Crippen LogP contribution in [0.15, 0.2) is 65.7 Å². The molecule has 0 radical (unpaired) electrons. The smallest absolute Gasteiger partial charge is 0.329 e. The quantitative estimate of drug-likeness (QED) is 0.144. The molecule has 15 nitrogen and oxygen atoms in total. The minimum Gasteiger partial charge on any atom is -0.378 e. The lowest BCUT2D eigenvalue weighted by Gasteiger charge is -2.36. The Labute approximate surface area is 316 Å². The molecule has 2 aliphatic heterocycles. The zero-order valence-electron chi connectivity index (χ0n) is 31.1. The lowest BCUT2D eigenvalue weighted by atomic mass is 9.77. The maximum atomic E-state index is 13.4. The molecule has 15 heteroatoms. The molecular weight excluding hydrogens is 702 g/mol. The SMILES string of the molecule is CN(CCCOC1CC(c2cccc3c2n(C)c(=O)n3C2CCC(=O)NC2=O)C1)C(=O)c1cc2ccc(C3=CCCN(C(=O)CCn4ccnn4)C3)cc2[nH]1. The van der Waals surface area contributed by atoms with Crippen molar-refractivity contribution in [1.29, 1.82) is 0 Å². The zero-order valence-corrected chi connectivity index (χ0v) is 31.1. The number of aromatic amines is 1. The van der Waals surface area contributed by atoms with Crippen LogP contribution in [0.4, 0.5) is 0 Å². The van der Waals surface area contributed by atoms with Crippen LogP contribution in [0.1, 0.15) is 78.5 Å². The van der Waals surface area contributed by atoms with Crippen molar-refractivity contribution in [2.24, 2.45) is 7.05 Å². The number of amides is 4. The summed E-state index contributed by atoms with van der Waals surface area (Å²) in [4.78, 5) is 70.8. The minimum absolute atomic E-state index is 0.0857. The fourth-order valence-electron chi connectivity index (χ4n) is 8.17. The first-order valence-corrected chi connectivity index (χ1v) is 19.0. The van der Waals surface area contributed by atoms with Crippen molar-refractivity contribution in [2.45, 2.75) is 69.6 Å². The van der Waals surface area contributed by atoms with Crippen LogP contribution < -0.4 is 11.0 Å². The second kappa shape index (κ2) is 15.1. The fraction of sp³-hybridized carbons (Fsp3) is 0.425. The Balaban J connectivity index is 0.817. The van der Waals surface area contributed by atoms with Gasteiger partial charge in [0, 0.05) is 70.3 Å². The summed E-state index contributed by atoms with van der Waals surface area (Å²) in [6.45, 7) is 2.79. The normalized spacial score (nSPS) is 20.1. The Hall–Kier alpha value is -5.83. The summed E-state index contributed by atoms with van der Waals surface area (Å²) in [5.74, 6) is -0.541. The molecule has 2 N–H and O–H groups in total. The number of para-hydroxylation sites is 1. The maximum absolute atomic E-state index is 13.4. The van der Waals surface area contributed by atoms with Crippen molar-refractivity contribution in [2.75, 3.05) is 33.3 Å². The van der Waals surface area contributed by atoms with Gasteiger partial charge in [-0.05, 0) is 72.9 Å². The molecule has 3 aromatic heterocycles. The number of imide groups is 1. The third-order valence-electron chi connectivity index (χ3n) is 11.3. The molecule has 1 unspecified atom stereocenters. The number of hydrogen-bond donors (Lipinski definition) is 2. The number of nitrogens with one attached hydrogen (secondary N) is 2. The Morgan fingerprint density at radius 2 is 1.95 bits per heavy atom. The van der Waals surface area contributed by atoms with Gasteiger partial charge in [-0.3, -0.25) is 38.3 Å². The van der Waals surface area contributed by atoms with Gasteiger partial charge in [-0.1, -0.05) is 35.6 Å². The molecule has 1 aliphatic carbocycles. The first kappa shape index (κ1) is 36.2. The van der Waals surface area contributed by atoms with Gasteiger partial charge in [0.15, 0.2) is 0 Å². The van der Waals surface area contributed by atoms with Gasteiger partial charge >= 0.3 is 5.69 Å². The van der Waals surface area contributed by atoms with E-state index in [4.69, 9.17) is 4.74 Å². The summed E-state index contributed by atoms with van der Waals surface area (Å²) >= 11 is 0. The predicted molar refractivity (Wildman–Crippen MR) is 204 cm³/mol. The van der Waals surface area contributed by atoms with Crippen LogP contribution in [-0.4, -0.2) is 102 Å². The van der Waals surface area contributed by atoms with E-state index in [1.807, 2.05) is 41.3 Å². The number of nitrogens with zero attached hydrogens (tertiary/aromatic N) is 7. The van der Waals surface area contributed by atoms with Crippen molar-refractivity contribution in [3.8, 4) is 0 Å². The van der Waals surface area contributed by atoms with Gasteiger partial charge in [0.05, 0.1) is 29.9 Å². The summed E-state index contributed by atoms with van der Waals surface area (Å²) in [6.07, 6.45) is 9.61. The predicted octanol–water partition coefficient (Wildman–Crippen LogP) is 3.52. The Kier molecular flexibility index (Phi) is 9.95. The van der Waals surface area contributed by atoms with E-state index in [2.05, 4.69) is 32.8 Å². The molecule has 0 bridgehead atoms. The lowest BCUT2D eigenvalue weighted by molar-refractivity contribution is -0.136. The van der Waals surface area contributed by atoms with E-state index in [1.54, 1.807) is 40.6 Å². The van der Waals surface area contributed by atoms with Crippen LogP contribution in [0, 0.1) is 0 Å². The number of aromatic nitrogens is 6. The number of hydrogen-bond acceptors (Lipinski definition) is 8. The number of carbonyl (C=O) groups is 4. The number of imidazole rings is 1. The molecule has 1 saturated heterocycles. The van der Waals surface area contributed by atoms with E-state index in [-0.39, 0.29) is 41.9 Å². The number of benzene rings is 2. The van der Waals surface area contributed by atoms with Gasteiger partial charge in [-0.25, -0.2) is 4.79 Å². The fourth-order valence-corrected chi connectivity index (χ4v) is 8.17. The van der Waals surface area contributed by atoms with Gasteiger partial charge < -0.3 is 19.5 Å². The van der Waals surface area contributed by atoms with Crippen molar-refractivity contribution in [3.05, 3.63) is 88.2 Å². The second-order valence-corrected chi connectivity index (χ2v) is 14.9. The number of fused-ring (bicyclic) bond motifs is 2. The zero-order chi connectivity index (χ0) is 38.2. The van der Waals surface area contributed by atoms with Gasteiger partial charge in [0.25, 0.3) is 5.91 Å². The Morgan fingerprint density at radius 1 is 1.09 bits per heavy atom. The third-order valence-corrected chi connectivity index (χ3v) is 11.3. The molecule has 5 aromatic rings. The summed E-state index contributed by atoms with van der Waals surface area (Å²) in [7, 11) is 3.53. The van der Waals surface area contributed by atoms with Crippen LogP contribution in [0.2, 0.25) is 0 Å². The number of H-pyrrole nitrogens is 1. The number of piperidine rings is 1. The highest BCUT2D eigenvalue weighted by Gasteiger charge is 2.35. The maximum Gasteiger partial charge on any atom is 0.329 e. The van der Waals surface area contributed by atoms with E-state index >= 15 is 0 Å². The third kappa shape index (κ3) is 7.23. The summed E-state index contributed by atoms with van der Waals surface area (Å²) in [5.41, 5.74) is 5.81. The van der Waals surface area contributed by atoms with Gasteiger partial charge in [0.2, 0.25) is 17.7 Å². The average Bonchev–Trinajstić information content (AvgIpc) is 3.91. The van der Waals surface area contributed by atoms with E-state index < -0.39 is 11.9 Å². The van der Waals surface area contributed by atoms with Crippen LogP contribution in [0.3, 0.4) is 0 Å². The molecule has 3 aliphatic rings. The first-order valence-electron chi connectivity index (χ1n) is 19.0. The topological polar surface area (TPSA) is 169 Å². The first-order chi connectivity index (χ1) is 26.6. The van der Waals surface area contributed by atoms with Crippen molar-refractivity contribution in [3.63, 3.8) is 0 Å². The van der Waals surface area contributed by atoms with Crippen molar-refractivity contribution in [1.82, 2.24) is 44.2 Å². The van der Waals surface area contributed by atoms with Gasteiger partial charge in [-0.2, -0.15) is 0 Å². The van der Waals surface area contributed by atoms with Crippen LogP contribution in [0.25, 0.3) is 27.5 Å². The monoisotopic (exact) mass is 747 g/mol. The summed E-state index contributed by atoms with van der Waals surface area (Å²) in [5, 5.41) is 11.1. The van der Waals surface area contributed by atoms with Gasteiger partial charge in [-0.15, -0.1) is 5.10 Å². The van der Waals surface area contributed by atoms with Gasteiger partial charge in [0.1, 0.15) is 11.7 Å². The molecule has 0 spiro atoms. The molecule has 1 saturated carbocycles. The van der Waals surface area contributed by atoms with E-state index in [1.165, 1.54) is 4.57 Å². The van der Waals surface area contributed by atoms with E-state index in [0.29, 0.717) is 63.3 Å². The molecule has 5 heterocycles. The average molecular weight is 748 g/mol. The Bertz CT molecular complexity index is 2360. The molecule has 286 valence electrons. The molecule has 2 aromatic carbocycles. The largest absolute Gasteiger partial charge is 0.378 e. The molecular formula is C40H45N9O6. The highest BCUT2D eigenvalue weighted by atomic mass is 16.5. The number of aryl methyl sites for hydroxylation is 2. The van der Waals surface area contributed by atoms with E-state index in [9.17, 15) is 24.0 Å². The highest BCUT2D eigenvalue weighted by Crippen LogP contribution is 2.42. The molecule has 55 heavy (non-hydrogen) atoms. The van der Waals surface area contributed by atoms with Crippen LogP contribution >= 0.6 is 0 Å². The van der Waals surface area contributed by atoms with Crippen LogP contribution in [-0.2, 0) is 32.7 Å². The molecule has 8 rings (SSSR count). The van der Waals surface area contributed by atoms with E-state index in [0.717, 1.165) is 52.4 Å². The lowest BCUT2D eigenvalue weighted by Crippen LogP contribution is -2.44. The summed E-state index contributed by atoms with van der Waals surface area (Å²) in [6, 6.07) is 13.1. The Morgan fingerprint density at radius 3 is 2.75 bits per heavy atom. The van der Waals surface area contributed by atoms with Crippen LogP contribution in [0.5, 0.6) is 0 Å².